The molecule has 166 valence electrons. The van der Waals surface area contributed by atoms with Crippen LogP contribution in [0.2, 0.25) is 0 Å². The van der Waals surface area contributed by atoms with E-state index in [2.05, 4.69) is 9.73 Å². The Bertz CT molecular complexity index is 932. The van der Waals surface area contributed by atoms with Gasteiger partial charge in [0.1, 0.15) is 12.3 Å². The molecule has 1 aliphatic rings. The topological polar surface area (TPSA) is 45.1 Å². The zero-order valence-electron chi connectivity index (χ0n) is 15.7. The molecular weight excluding hydrogens is 448 g/mol. The first-order valence-electron chi connectivity index (χ1n) is 8.74. The maximum absolute atomic E-state index is 13.1. The highest BCUT2D eigenvalue weighted by atomic mass is 32.2. The van der Waals surface area contributed by atoms with Gasteiger partial charge in [-0.05, 0) is 29.8 Å². The molecule has 31 heavy (non-hydrogen) atoms. The average Bonchev–Trinajstić information content (AvgIpc) is 2.68. The van der Waals surface area contributed by atoms with E-state index >= 15 is 0 Å². The third kappa shape index (κ3) is 6.54. The van der Waals surface area contributed by atoms with Crippen molar-refractivity contribution in [3.63, 3.8) is 0 Å². The fourth-order valence-corrected chi connectivity index (χ4v) is 3.64. The fraction of sp³-hybridized carbons (Fsp3) is 0.263. The largest absolute Gasteiger partial charge is 0.573 e. The minimum absolute atomic E-state index is 0.0639. The Morgan fingerprint density at radius 1 is 0.968 bits per heavy atom. The van der Waals surface area contributed by atoms with Crippen molar-refractivity contribution in [3.8, 4) is 5.75 Å². The first kappa shape index (κ1) is 22.8. The van der Waals surface area contributed by atoms with Gasteiger partial charge in [-0.3, -0.25) is 14.8 Å². The Morgan fingerprint density at radius 2 is 1.61 bits per heavy atom. The molecule has 0 unspecified atom stereocenters. The highest BCUT2D eigenvalue weighted by Crippen LogP contribution is 2.29. The summed E-state index contributed by atoms with van der Waals surface area (Å²) in [6.45, 7) is -1.64. The molecule has 2 aromatic carbocycles. The second kappa shape index (κ2) is 9.08. The summed E-state index contributed by atoms with van der Waals surface area (Å²) in [5.74, 6) is -0.364. The third-order valence-corrected chi connectivity index (χ3v) is 4.97. The number of urea groups is 1. The lowest BCUT2D eigenvalue weighted by molar-refractivity contribution is -0.274. The number of amides is 2. The summed E-state index contributed by atoms with van der Waals surface area (Å²) in [4.78, 5) is 18.6. The van der Waals surface area contributed by atoms with Crippen molar-refractivity contribution in [3.05, 3.63) is 60.2 Å². The Kier molecular flexibility index (Phi) is 6.68. The summed E-state index contributed by atoms with van der Waals surface area (Å²) in [6, 6.07) is 12.2. The smallest absolute Gasteiger partial charge is 0.406 e. The first-order valence-corrected chi connectivity index (χ1v) is 9.73. The third-order valence-electron chi connectivity index (χ3n) is 3.97. The van der Waals surface area contributed by atoms with Crippen LogP contribution in [-0.4, -0.2) is 41.1 Å². The molecule has 0 aliphatic carbocycles. The zero-order chi connectivity index (χ0) is 22.6. The molecule has 2 amide bonds. The van der Waals surface area contributed by atoms with Gasteiger partial charge in [0.2, 0.25) is 0 Å². The Hall–Kier alpha value is -2.89. The number of aliphatic imine (C=N–C) groups is 1. The molecule has 1 fully saturated rings. The predicted octanol–water partition coefficient (Wildman–Crippen LogP) is 5.64. The first-order chi connectivity index (χ1) is 14.5. The Balaban J connectivity index is 1.77. The van der Waals surface area contributed by atoms with Crippen molar-refractivity contribution >= 4 is 28.6 Å². The number of carbonyl (C=O) groups excluding carboxylic acids is 1. The van der Waals surface area contributed by atoms with Gasteiger partial charge in [-0.15, -0.1) is 13.2 Å². The molecule has 0 spiro atoms. The van der Waals surface area contributed by atoms with Crippen LogP contribution >= 0.6 is 11.8 Å². The van der Waals surface area contributed by atoms with Gasteiger partial charge >= 0.3 is 18.6 Å². The predicted molar refractivity (Wildman–Crippen MR) is 104 cm³/mol. The second-order valence-corrected chi connectivity index (χ2v) is 7.22. The van der Waals surface area contributed by atoms with E-state index in [1.807, 2.05) is 0 Å². The summed E-state index contributed by atoms with van der Waals surface area (Å²) in [5, 5.41) is -0.120. The van der Waals surface area contributed by atoms with Gasteiger partial charge in [0.25, 0.3) is 0 Å². The molecule has 5 nitrogen and oxygen atoms in total. The highest BCUT2D eigenvalue weighted by molar-refractivity contribution is 8.14. The maximum atomic E-state index is 13.1. The van der Waals surface area contributed by atoms with Gasteiger partial charge in [-0.2, -0.15) is 13.2 Å². The molecule has 0 saturated carbocycles. The summed E-state index contributed by atoms with van der Waals surface area (Å²) in [7, 11) is 0. The molecule has 1 aliphatic heterocycles. The van der Waals surface area contributed by atoms with Crippen LogP contribution in [0.25, 0.3) is 0 Å². The van der Waals surface area contributed by atoms with Crippen LogP contribution < -0.4 is 9.64 Å². The van der Waals surface area contributed by atoms with E-state index in [1.165, 1.54) is 17.0 Å². The van der Waals surface area contributed by atoms with Crippen LogP contribution in [0.1, 0.15) is 5.56 Å². The molecule has 0 aromatic heterocycles. The van der Waals surface area contributed by atoms with E-state index in [0.29, 0.717) is 16.2 Å². The van der Waals surface area contributed by atoms with Crippen molar-refractivity contribution in [2.45, 2.75) is 19.1 Å². The van der Waals surface area contributed by atoms with Gasteiger partial charge in [-0.1, -0.05) is 42.1 Å². The fourth-order valence-electron chi connectivity index (χ4n) is 2.68. The molecule has 0 bridgehead atoms. The molecule has 0 radical (unpaired) electrons. The van der Waals surface area contributed by atoms with Crippen molar-refractivity contribution in [1.29, 1.82) is 0 Å². The number of alkyl halides is 6. The molecule has 3 rings (SSSR count). The van der Waals surface area contributed by atoms with E-state index < -0.39 is 30.9 Å². The number of amidine groups is 1. The van der Waals surface area contributed by atoms with E-state index in [4.69, 9.17) is 0 Å². The van der Waals surface area contributed by atoms with Crippen molar-refractivity contribution < 1.29 is 35.9 Å². The monoisotopic (exact) mass is 463 g/mol. The standard InChI is InChI=1S/C19H15F6N3O2S/c20-18(21,22)11-27-16(31-12-28(17(27)29)14-4-2-1-3-5-14)26-10-13-6-8-15(9-7-13)30-19(23,24)25/h1-9H,10-12H2/b26-16-. The van der Waals surface area contributed by atoms with Crippen LogP contribution in [0, 0.1) is 0 Å². The lowest BCUT2D eigenvalue weighted by Crippen LogP contribution is -2.53. The van der Waals surface area contributed by atoms with Crippen molar-refractivity contribution in [1.82, 2.24) is 4.90 Å². The minimum Gasteiger partial charge on any atom is -0.406 e. The van der Waals surface area contributed by atoms with E-state index in [1.54, 1.807) is 30.3 Å². The van der Waals surface area contributed by atoms with Crippen LogP contribution in [0.5, 0.6) is 5.75 Å². The van der Waals surface area contributed by atoms with Gasteiger partial charge in [0.15, 0.2) is 5.17 Å². The lowest BCUT2D eigenvalue weighted by Gasteiger charge is -2.36. The van der Waals surface area contributed by atoms with Crippen LogP contribution in [0.4, 0.5) is 36.8 Å². The molecule has 0 atom stereocenters. The van der Waals surface area contributed by atoms with Gasteiger partial charge in [0.05, 0.1) is 12.4 Å². The van der Waals surface area contributed by atoms with Gasteiger partial charge < -0.3 is 4.74 Å². The minimum atomic E-state index is -4.83. The number of anilines is 1. The number of hydrogen-bond acceptors (Lipinski definition) is 4. The summed E-state index contributed by atoms with van der Waals surface area (Å²) in [6.07, 6.45) is -9.48. The number of benzene rings is 2. The number of halogens is 6. The molecule has 0 N–H and O–H groups in total. The molecule has 2 aromatic rings. The normalized spacial score (nSPS) is 16.7. The lowest BCUT2D eigenvalue weighted by atomic mass is 10.2. The van der Waals surface area contributed by atoms with Crippen LogP contribution in [-0.2, 0) is 6.54 Å². The number of ether oxygens (including phenoxy) is 1. The van der Waals surface area contributed by atoms with E-state index in [9.17, 15) is 31.1 Å². The number of nitrogens with zero attached hydrogens (tertiary/aromatic N) is 3. The number of thioether (sulfide) groups is 1. The molecule has 1 saturated heterocycles. The molecule has 12 heteroatoms. The second-order valence-electron chi connectivity index (χ2n) is 6.31. The molecule has 1 heterocycles. The summed E-state index contributed by atoms with van der Waals surface area (Å²) >= 11 is 0.957. The summed E-state index contributed by atoms with van der Waals surface area (Å²) < 4.78 is 79.7. The Morgan fingerprint density at radius 3 is 2.19 bits per heavy atom. The van der Waals surface area contributed by atoms with Crippen molar-refractivity contribution in [2.75, 3.05) is 17.3 Å². The van der Waals surface area contributed by atoms with Gasteiger partial charge in [0, 0.05) is 5.69 Å². The quantitative estimate of drug-likeness (QED) is 0.540. The molecular formula is C19H15F6N3O2S. The Labute approximate surface area is 177 Å². The number of hydrogen-bond donors (Lipinski definition) is 0. The SMILES string of the molecule is O=C1N(CC(F)(F)F)/C(=N/Cc2ccc(OC(F)(F)F)cc2)SCN1c1ccccc1. The summed E-state index contributed by atoms with van der Waals surface area (Å²) in [5.41, 5.74) is 0.888. The van der Waals surface area contributed by atoms with E-state index in [0.717, 1.165) is 23.9 Å². The maximum Gasteiger partial charge on any atom is 0.573 e. The number of carbonyl (C=O) groups is 1. The van der Waals surface area contributed by atoms with Crippen molar-refractivity contribution in [2.24, 2.45) is 4.99 Å². The number of rotatable bonds is 5. The van der Waals surface area contributed by atoms with Crippen LogP contribution in [0.15, 0.2) is 59.6 Å². The van der Waals surface area contributed by atoms with Gasteiger partial charge in [-0.25, -0.2) is 4.79 Å². The zero-order valence-corrected chi connectivity index (χ0v) is 16.5. The number of para-hydroxylation sites is 1. The highest BCUT2D eigenvalue weighted by Gasteiger charge is 2.40. The van der Waals surface area contributed by atoms with Crippen LogP contribution in [0.3, 0.4) is 0 Å². The average molecular weight is 463 g/mol. The van der Waals surface area contributed by atoms with E-state index in [-0.39, 0.29) is 17.6 Å².